The van der Waals surface area contributed by atoms with Crippen LogP contribution in [0.25, 0.3) is 0 Å². The molecular weight excluding hydrogens is 238 g/mol. The first-order chi connectivity index (χ1) is 8.08. The van der Waals surface area contributed by atoms with Gasteiger partial charge in [-0.25, -0.2) is 0 Å². The van der Waals surface area contributed by atoms with Crippen LogP contribution in [-0.4, -0.2) is 35.8 Å². The van der Waals surface area contributed by atoms with Crippen molar-refractivity contribution in [1.82, 2.24) is 4.90 Å². The Morgan fingerprint density at radius 3 is 2.88 bits per heavy atom. The van der Waals surface area contributed by atoms with Crippen LogP contribution in [-0.2, 0) is 11.3 Å². The van der Waals surface area contributed by atoms with Gasteiger partial charge < -0.3 is 9.84 Å². The Kier molecular flexibility index (Phi) is 3.92. The van der Waals surface area contributed by atoms with Crippen molar-refractivity contribution in [3.63, 3.8) is 0 Å². The van der Waals surface area contributed by atoms with Crippen LogP contribution >= 0.6 is 11.6 Å². The molecule has 1 saturated heterocycles. The first-order valence-electron chi connectivity index (χ1n) is 5.87. The van der Waals surface area contributed by atoms with E-state index in [9.17, 15) is 5.11 Å². The maximum atomic E-state index is 9.37. The van der Waals surface area contributed by atoms with Gasteiger partial charge in [0.05, 0.1) is 11.1 Å². The fraction of sp³-hybridized carbons (Fsp3) is 0.538. The molecule has 1 heterocycles. The van der Waals surface area contributed by atoms with E-state index in [-0.39, 0.29) is 11.9 Å². The number of aromatic hydroxyl groups is 1. The van der Waals surface area contributed by atoms with E-state index >= 15 is 0 Å². The second-order valence-electron chi connectivity index (χ2n) is 4.63. The zero-order valence-electron chi connectivity index (χ0n) is 10.2. The molecule has 2 rings (SSSR count). The highest BCUT2D eigenvalue weighted by atomic mass is 35.5. The molecule has 94 valence electrons. The number of phenols is 1. The Labute approximate surface area is 107 Å². The summed E-state index contributed by atoms with van der Waals surface area (Å²) in [6, 6.07) is 5.81. The molecule has 0 amide bonds. The van der Waals surface area contributed by atoms with Crippen molar-refractivity contribution in [3.8, 4) is 5.75 Å². The molecule has 2 unspecified atom stereocenters. The van der Waals surface area contributed by atoms with Gasteiger partial charge >= 0.3 is 0 Å². The van der Waals surface area contributed by atoms with Crippen molar-refractivity contribution in [2.45, 2.75) is 32.0 Å². The second kappa shape index (κ2) is 5.25. The van der Waals surface area contributed by atoms with Gasteiger partial charge in [-0.3, -0.25) is 4.90 Å². The zero-order chi connectivity index (χ0) is 12.4. The number of phenolic OH excluding ortho intramolecular Hbond substituents is 1. The van der Waals surface area contributed by atoms with Gasteiger partial charge in [-0.15, -0.1) is 0 Å². The molecule has 3 nitrogen and oxygen atoms in total. The Morgan fingerprint density at radius 2 is 2.29 bits per heavy atom. The van der Waals surface area contributed by atoms with Crippen molar-refractivity contribution in [1.29, 1.82) is 0 Å². The van der Waals surface area contributed by atoms with Crippen molar-refractivity contribution in [2.75, 3.05) is 13.7 Å². The van der Waals surface area contributed by atoms with Crippen LogP contribution in [0.3, 0.4) is 0 Å². The van der Waals surface area contributed by atoms with Gasteiger partial charge in [-0.2, -0.15) is 0 Å². The van der Waals surface area contributed by atoms with Crippen molar-refractivity contribution in [3.05, 3.63) is 28.8 Å². The van der Waals surface area contributed by atoms with Gasteiger partial charge in [0, 0.05) is 19.2 Å². The molecule has 0 bridgehead atoms. The van der Waals surface area contributed by atoms with E-state index in [1.807, 2.05) is 12.1 Å². The number of hydrogen-bond donors (Lipinski definition) is 1. The highest BCUT2D eigenvalue weighted by Gasteiger charge is 2.27. The average molecular weight is 256 g/mol. The molecule has 1 aromatic carbocycles. The third-order valence-electron chi connectivity index (χ3n) is 3.35. The highest BCUT2D eigenvalue weighted by Crippen LogP contribution is 2.25. The number of benzene rings is 1. The second-order valence-corrected chi connectivity index (χ2v) is 5.04. The van der Waals surface area contributed by atoms with Gasteiger partial charge in [0.25, 0.3) is 0 Å². The topological polar surface area (TPSA) is 32.7 Å². The van der Waals surface area contributed by atoms with Crippen LogP contribution in [0.4, 0.5) is 0 Å². The van der Waals surface area contributed by atoms with Gasteiger partial charge in [0.1, 0.15) is 5.75 Å². The van der Waals surface area contributed by atoms with Crippen LogP contribution in [0.1, 0.15) is 18.9 Å². The first kappa shape index (κ1) is 12.7. The predicted octanol–water partition coefficient (Wildman–Crippen LogP) is 2.65. The Hall–Kier alpha value is -0.770. The number of halogens is 1. The third kappa shape index (κ3) is 2.92. The highest BCUT2D eigenvalue weighted by molar-refractivity contribution is 6.32. The normalized spacial score (nSPS) is 24.5. The summed E-state index contributed by atoms with van der Waals surface area (Å²) < 4.78 is 5.56. The summed E-state index contributed by atoms with van der Waals surface area (Å²) in [5.41, 5.74) is 1.11. The lowest BCUT2D eigenvalue weighted by Gasteiger charge is -2.26. The molecular formula is C13H18ClNO2. The molecule has 0 spiro atoms. The van der Waals surface area contributed by atoms with Crippen LogP contribution in [0.5, 0.6) is 5.75 Å². The lowest BCUT2D eigenvalue weighted by Crippen LogP contribution is -2.36. The largest absolute Gasteiger partial charge is 0.506 e. The minimum Gasteiger partial charge on any atom is -0.506 e. The number of hydrogen-bond acceptors (Lipinski definition) is 3. The van der Waals surface area contributed by atoms with E-state index in [1.165, 1.54) is 0 Å². The summed E-state index contributed by atoms with van der Waals surface area (Å²) in [6.07, 6.45) is 1.36. The maximum Gasteiger partial charge on any atom is 0.134 e. The maximum absolute atomic E-state index is 9.37. The predicted molar refractivity (Wildman–Crippen MR) is 68.4 cm³/mol. The zero-order valence-corrected chi connectivity index (χ0v) is 10.9. The minimum atomic E-state index is 0.135. The molecule has 0 aromatic heterocycles. The monoisotopic (exact) mass is 255 g/mol. The Bertz CT molecular complexity index is 397. The van der Waals surface area contributed by atoms with E-state index < -0.39 is 0 Å². The van der Waals surface area contributed by atoms with Gasteiger partial charge in [-0.1, -0.05) is 17.7 Å². The Morgan fingerprint density at radius 1 is 1.53 bits per heavy atom. The molecule has 17 heavy (non-hydrogen) atoms. The van der Waals surface area contributed by atoms with Crippen LogP contribution in [0.15, 0.2) is 18.2 Å². The molecule has 0 radical (unpaired) electrons. The van der Waals surface area contributed by atoms with Gasteiger partial charge in [0.15, 0.2) is 0 Å². The van der Waals surface area contributed by atoms with E-state index in [4.69, 9.17) is 16.3 Å². The molecule has 0 saturated carbocycles. The first-order valence-corrected chi connectivity index (χ1v) is 6.25. The summed E-state index contributed by atoms with van der Waals surface area (Å²) in [5.74, 6) is 0.135. The number of likely N-dealkylation sites (N-methyl/N-ethyl adjacent to an activating group) is 1. The summed E-state index contributed by atoms with van der Waals surface area (Å²) in [4.78, 5) is 2.28. The average Bonchev–Trinajstić information content (AvgIpc) is 2.70. The lowest BCUT2D eigenvalue weighted by atomic mass is 10.1. The smallest absolute Gasteiger partial charge is 0.134 e. The van der Waals surface area contributed by atoms with E-state index in [0.29, 0.717) is 11.1 Å². The van der Waals surface area contributed by atoms with Crippen molar-refractivity contribution < 1.29 is 9.84 Å². The summed E-state index contributed by atoms with van der Waals surface area (Å²) in [6.45, 7) is 3.77. The SMILES string of the molecule is CC1OCCC1N(C)Cc1ccc(O)c(Cl)c1. The Balaban J connectivity index is 2.02. The van der Waals surface area contributed by atoms with Crippen LogP contribution < -0.4 is 0 Å². The summed E-state index contributed by atoms with van der Waals surface area (Å²) in [7, 11) is 2.09. The standard InChI is InChI=1S/C13H18ClNO2/c1-9-12(5-6-17-9)15(2)8-10-3-4-13(16)11(14)7-10/h3-4,7,9,12,16H,5-6,8H2,1-2H3. The molecule has 1 N–H and O–H groups in total. The molecule has 1 aliphatic rings. The lowest BCUT2D eigenvalue weighted by molar-refractivity contribution is 0.0814. The fourth-order valence-corrected chi connectivity index (χ4v) is 2.56. The fourth-order valence-electron chi connectivity index (χ4n) is 2.35. The van der Waals surface area contributed by atoms with Crippen LogP contribution in [0, 0.1) is 0 Å². The van der Waals surface area contributed by atoms with E-state index in [1.54, 1.807) is 6.07 Å². The van der Waals surface area contributed by atoms with Gasteiger partial charge in [0.2, 0.25) is 0 Å². The molecule has 0 aliphatic carbocycles. The van der Waals surface area contributed by atoms with Crippen LogP contribution in [0.2, 0.25) is 5.02 Å². The van der Waals surface area contributed by atoms with E-state index in [2.05, 4.69) is 18.9 Å². The molecule has 2 atom stereocenters. The number of nitrogens with zero attached hydrogens (tertiary/aromatic N) is 1. The quantitative estimate of drug-likeness (QED) is 0.901. The number of ether oxygens (including phenoxy) is 1. The van der Waals surface area contributed by atoms with Crippen molar-refractivity contribution in [2.24, 2.45) is 0 Å². The molecule has 1 aromatic rings. The van der Waals surface area contributed by atoms with E-state index in [0.717, 1.165) is 25.1 Å². The summed E-state index contributed by atoms with van der Waals surface area (Å²) >= 11 is 5.89. The summed E-state index contributed by atoms with van der Waals surface area (Å²) in [5, 5.41) is 9.77. The molecule has 1 aliphatic heterocycles. The minimum absolute atomic E-state index is 0.135. The molecule has 1 fully saturated rings. The third-order valence-corrected chi connectivity index (χ3v) is 3.65. The number of rotatable bonds is 3. The molecule has 4 heteroatoms. The van der Waals surface area contributed by atoms with Crippen molar-refractivity contribution >= 4 is 11.6 Å². The van der Waals surface area contributed by atoms with Gasteiger partial charge in [-0.05, 0) is 38.1 Å².